The standard InChI is InChI=1S/C10H16N4O2.ClH/c1-13-9(15)5-8(12-10(13)16)14-4-2-3-7(11)6-14;/h5,7H,2-4,6,11H2,1H3,(H,12,16);1H. The van der Waals surface area contributed by atoms with Crippen LogP contribution in [0.5, 0.6) is 0 Å². The molecule has 1 aromatic heterocycles. The number of nitrogens with zero attached hydrogens (tertiary/aromatic N) is 2. The minimum absolute atomic E-state index is 0. The number of aromatic amines is 1. The Balaban J connectivity index is 0.00000144. The molecule has 0 bridgehead atoms. The SMILES string of the molecule is Cl.Cn1c(=O)cc(N2CCCC(N)C2)[nH]c1=O. The first kappa shape index (κ1) is 13.8. The molecule has 6 nitrogen and oxygen atoms in total. The average molecular weight is 261 g/mol. The number of piperidine rings is 1. The molecule has 0 aliphatic carbocycles. The van der Waals surface area contributed by atoms with Crippen molar-refractivity contribution in [2.75, 3.05) is 18.0 Å². The second-order valence-electron chi connectivity index (χ2n) is 4.21. The van der Waals surface area contributed by atoms with E-state index < -0.39 is 0 Å². The van der Waals surface area contributed by atoms with Crippen LogP contribution in [0.25, 0.3) is 0 Å². The molecule has 3 N–H and O–H groups in total. The summed E-state index contributed by atoms with van der Waals surface area (Å²) in [5, 5.41) is 0. The van der Waals surface area contributed by atoms with Gasteiger partial charge in [0.25, 0.3) is 5.56 Å². The number of hydrogen-bond donors (Lipinski definition) is 2. The van der Waals surface area contributed by atoms with Gasteiger partial charge in [-0.2, -0.15) is 0 Å². The molecule has 0 spiro atoms. The molecule has 17 heavy (non-hydrogen) atoms. The van der Waals surface area contributed by atoms with Crippen LogP contribution in [-0.4, -0.2) is 28.7 Å². The molecule has 0 radical (unpaired) electrons. The van der Waals surface area contributed by atoms with Gasteiger partial charge in [0.2, 0.25) is 0 Å². The minimum Gasteiger partial charge on any atom is -0.356 e. The molecule has 1 aliphatic heterocycles. The van der Waals surface area contributed by atoms with E-state index in [1.165, 1.54) is 13.1 Å². The predicted octanol–water partition coefficient (Wildman–Crippen LogP) is -0.577. The summed E-state index contributed by atoms with van der Waals surface area (Å²) >= 11 is 0. The lowest BCUT2D eigenvalue weighted by atomic mass is 10.1. The van der Waals surface area contributed by atoms with Crippen molar-refractivity contribution in [3.8, 4) is 0 Å². The van der Waals surface area contributed by atoms with Gasteiger partial charge < -0.3 is 10.6 Å². The lowest BCUT2D eigenvalue weighted by Crippen LogP contribution is -2.45. The van der Waals surface area contributed by atoms with Gasteiger partial charge in [-0.15, -0.1) is 12.4 Å². The van der Waals surface area contributed by atoms with Crippen LogP contribution in [0.1, 0.15) is 12.8 Å². The number of nitrogens with one attached hydrogen (secondary N) is 1. The maximum Gasteiger partial charge on any atom is 0.329 e. The summed E-state index contributed by atoms with van der Waals surface area (Å²) in [5.74, 6) is 0.572. The lowest BCUT2D eigenvalue weighted by molar-refractivity contribution is 0.501. The van der Waals surface area contributed by atoms with Gasteiger partial charge in [0.05, 0.1) is 0 Å². The zero-order chi connectivity index (χ0) is 11.7. The summed E-state index contributed by atoms with van der Waals surface area (Å²) in [5.41, 5.74) is 5.17. The highest BCUT2D eigenvalue weighted by molar-refractivity contribution is 5.85. The molecule has 2 heterocycles. The summed E-state index contributed by atoms with van der Waals surface area (Å²) in [6.07, 6.45) is 1.98. The molecule has 2 rings (SSSR count). The summed E-state index contributed by atoms with van der Waals surface area (Å²) in [7, 11) is 1.45. The van der Waals surface area contributed by atoms with Crippen molar-refractivity contribution in [2.45, 2.75) is 18.9 Å². The predicted molar refractivity (Wildman–Crippen MR) is 69.0 cm³/mol. The third kappa shape index (κ3) is 2.89. The van der Waals surface area contributed by atoms with Gasteiger partial charge in [0, 0.05) is 32.2 Å². The molecule has 7 heteroatoms. The van der Waals surface area contributed by atoms with E-state index in [-0.39, 0.29) is 29.7 Å². The Hall–Kier alpha value is -1.27. The van der Waals surface area contributed by atoms with Crippen molar-refractivity contribution in [3.63, 3.8) is 0 Å². The van der Waals surface area contributed by atoms with Gasteiger partial charge in [-0.1, -0.05) is 0 Å². The van der Waals surface area contributed by atoms with Crippen LogP contribution in [-0.2, 0) is 7.05 Å². The first-order valence-electron chi connectivity index (χ1n) is 5.39. The molecule has 1 aromatic rings. The average Bonchev–Trinajstić information content (AvgIpc) is 2.25. The molecule has 96 valence electrons. The highest BCUT2D eigenvalue weighted by Gasteiger charge is 2.18. The number of aromatic nitrogens is 2. The Morgan fingerprint density at radius 1 is 1.47 bits per heavy atom. The first-order valence-corrected chi connectivity index (χ1v) is 5.39. The van der Waals surface area contributed by atoms with Gasteiger partial charge in [0.15, 0.2) is 0 Å². The van der Waals surface area contributed by atoms with Crippen LogP contribution in [0, 0.1) is 0 Å². The van der Waals surface area contributed by atoms with E-state index >= 15 is 0 Å². The quantitative estimate of drug-likeness (QED) is 0.708. The molecule has 1 aliphatic rings. The van der Waals surface area contributed by atoms with Crippen molar-refractivity contribution in [1.82, 2.24) is 9.55 Å². The zero-order valence-corrected chi connectivity index (χ0v) is 10.5. The molecule has 0 saturated carbocycles. The Morgan fingerprint density at radius 3 is 2.76 bits per heavy atom. The number of H-pyrrole nitrogens is 1. The second-order valence-corrected chi connectivity index (χ2v) is 4.21. The number of nitrogens with two attached hydrogens (primary N) is 1. The van der Waals surface area contributed by atoms with Crippen LogP contribution in [0.4, 0.5) is 5.82 Å². The van der Waals surface area contributed by atoms with E-state index in [9.17, 15) is 9.59 Å². The third-order valence-electron chi connectivity index (χ3n) is 2.93. The van der Waals surface area contributed by atoms with Crippen molar-refractivity contribution >= 4 is 18.2 Å². The second kappa shape index (κ2) is 5.37. The fraction of sp³-hybridized carbons (Fsp3) is 0.600. The van der Waals surface area contributed by atoms with Crippen LogP contribution in [0.2, 0.25) is 0 Å². The fourth-order valence-electron chi connectivity index (χ4n) is 1.94. The Bertz CT molecular complexity index is 465. The number of hydrogen-bond acceptors (Lipinski definition) is 4. The first-order chi connectivity index (χ1) is 7.58. The highest BCUT2D eigenvalue weighted by Crippen LogP contribution is 2.13. The van der Waals surface area contributed by atoms with Gasteiger partial charge in [-0.05, 0) is 12.8 Å². The van der Waals surface area contributed by atoms with Crippen LogP contribution in [0.3, 0.4) is 0 Å². The maximum atomic E-state index is 11.5. The van der Waals surface area contributed by atoms with E-state index in [1.54, 1.807) is 0 Å². The Morgan fingerprint density at radius 2 is 2.18 bits per heavy atom. The number of halogens is 1. The van der Waals surface area contributed by atoms with E-state index in [1.807, 2.05) is 4.90 Å². The Labute approximate surface area is 105 Å². The van der Waals surface area contributed by atoms with Crippen molar-refractivity contribution in [3.05, 3.63) is 26.9 Å². The lowest BCUT2D eigenvalue weighted by Gasteiger charge is -2.31. The van der Waals surface area contributed by atoms with Crippen molar-refractivity contribution in [2.24, 2.45) is 12.8 Å². The van der Waals surface area contributed by atoms with Gasteiger partial charge in [-0.3, -0.25) is 14.3 Å². The van der Waals surface area contributed by atoms with Gasteiger partial charge >= 0.3 is 5.69 Å². The molecule has 0 aromatic carbocycles. The highest BCUT2D eigenvalue weighted by atomic mass is 35.5. The molecule has 1 saturated heterocycles. The van der Waals surface area contributed by atoms with E-state index in [2.05, 4.69) is 4.98 Å². The van der Waals surface area contributed by atoms with E-state index in [0.717, 1.165) is 24.0 Å². The molecular weight excluding hydrogens is 244 g/mol. The third-order valence-corrected chi connectivity index (χ3v) is 2.93. The van der Waals surface area contributed by atoms with Crippen LogP contribution < -0.4 is 21.9 Å². The zero-order valence-electron chi connectivity index (χ0n) is 9.68. The summed E-state index contributed by atoms with van der Waals surface area (Å²) in [6.45, 7) is 1.51. The number of anilines is 1. The Kier molecular flexibility index (Phi) is 4.36. The van der Waals surface area contributed by atoms with Crippen LogP contribution in [0.15, 0.2) is 15.7 Å². The van der Waals surface area contributed by atoms with Gasteiger partial charge in [0.1, 0.15) is 5.82 Å². The van der Waals surface area contributed by atoms with E-state index in [4.69, 9.17) is 5.73 Å². The molecule has 1 fully saturated rings. The monoisotopic (exact) mass is 260 g/mol. The van der Waals surface area contributed by atoms with Crippen LogP contribution >= 0.6 is 12.4 Å². The van der Waals surface area contributed by atoms with Crippen molar-refractivity contribution in [1.29, 1.82) is 0 Å². The van der Waals surface area contributed by atoms with Gasteiger partial charge in [-0.25, -0.2) is 4.79 Å². The fourth-order valence-corrected chi connectivity index (χ4v) is 1.94. The summed E-state index contributed by atoms with van der Waals surface area (Å²) < 4.78 is 1.05. The largest absolute Gasteiger partial charge is 0.356 e. The minimum atomic E-state index is -0.387. The number of rotatable bonds is 1. The smallest absolute Gasteiger partial charge is 0.329 e. The summed E-state index contributed by atoms with van der Waals surface area (Å²) in [4.78, 5) is 27.5. The molecule has 1 atom stereocenters. The topological polar surface area (TPSA) is 84.1 Å². The maximum absolute atomic E-state index is 11.5. The normalized spacial score (nSPS) is 19.9. The summed E-state index contributed by atoms with van der Waals surface area (Å²) in [6, 6.07) is 1.56. The molecule has 1 unspecified atom stereocenters. The van der Waals surface area contributed by atoms with E-state index in [0.29, 0.717) is 12.4 Å². The molecule has 0 amide bonds. The van der Waals surface area contributed by atoms with Crippen molar-refractivity contribution < 1.29 is 0 Å². The molecular formula is C10H17ClN4O2.